The molecule has 0 aromatic heterocycles. The number of nitrogens with zero attached hydrogens (tertiary/aromatic N) is 1. The average molecular weight is 221 g/mol. The number of carbonyl (C=O) groups excluding carboxylic acids is 1. The van der Waals surface area contributed by atoms with Gasteiger partial charge in [0.25, 0.3) is 0 Å². The monoisotopic (exact) mass is 221 g/mol. The maximum absolute atomic E-state index is 12.2. The summed E-state index contributed by atoms with van der Waals surface area (Å²) < 4.78 is 0. The van der Waals surface area contributed by atoms with Gasteiger partial charge >= 0.3 is 0 Å². The molecule has 0 aromatic carbocycles. The Balaban J connectivity index is 2.67. The first-order chi connectivity index (χ1) is 7.34. The van der Waals surface area contributed by atoms with E-state index in [-0.39, 0.29) is 11.2 Å². The minimum Gasteiger partial charge on any atom is -0.297 e. The fraction of sp³-hybridized carbons (Fsp3) is 0.857. The molecule has 0 bridgehead atoms. The Hall–Kier alpha value is -0.840. The van der Waals surface area contributed by atoms with Crippen LogP contribution in [0.15, 0.2) is 0 Å². The van der Waals surface area contributed by atoms with E-state index in [9.17, 15) is 10.1 Å². The fourth-order valence-electron chi connectivity index (χ4n) is 2.61. The van der Waals surface area contributed by atoms with Crippen molar-refractivity contribution >= 4 is 5.78 Å². The van der Waals surface area contributed by atoms with Gasteiger partial charge in [0.2, 0.25) is 0 Å². The Morgan fingerprint density at radius 1 is 1.38 bits per heavy atom. The van der Waals surface area contributed by atoms with E-state index in [0.29, 0.717) is 5.92 Å². The van der Waals surface area contributed by atoms with Gasteiger partial charge in [0.05, 0.1) is 6.07 Å². The van der Waals surface area contributed by atoms with Gasteiger partial charge in [-0.05, 0) is 25.2 Å². The molecule has 0 radical (unpaired) electrons. The lowest BCUT2D eigenvalue weighted by Gasteiger charge is -2.22. The van der Waals surface area contributed by atoms with Crippen LogP contribution in [0.4, 0.5) is 0 Å². The highest BCUT2D eigenvalue weighted by Crippen LogP contribution is 2.48. The summed E-state index contributed by atoms with van der Waals surface area (Å²) in [5.74, 6) is 0.825. The van der Waals surface area contributed by atoms with Crippen LogP contribution in [0, 0.1) is 28.1 Å². The SMILES string of the molecule is CC(C)CCCC1(C#N)CCC(C)(C)C1=O. The highest BCUT2D eigenvalue weighted by atomic mass is 16.1. The number of Topliss-reactive ketones (excluding diaryl/α,β-unsaturated/α-hetero) is 1. The Kier molecular flexibility index (Phi) is 3.78. The van der Waals surface area contributed by atoms with Gasteiger partial charge in [0.1, 0.15) is 5.41 Å². The molecule has 1 aliphatic rings. The van der Waals surface area contributed by atoms with Crippen molar-refractivity contribution < 1.29 is 4.79 Å². The lowest BCUT2D eigenvalue weighted by molar-refractivity contribution is -0.130. The number of hydrogen-bond acceptors (Lipinski definition) is 2. The van der Waals surface area contributed by atoms with Crippen LogP contribution in [-0.4, -0.2) is 5.78 Å². The van der Waals surface area contributed by atoms with Gasteiger partial charge in [-0.2, -0.15) is 5.26 Å². The lowest BCUT2D eigenvalue weighted by atomic mass is 9.77. The summed E-state index contributed by atoms with van der Waals surface area (Å²) in [6, 6.07) is 2.31. The van der Waals surface area contributed by atoms with E-state index in [1.807, 2.05) is 13.8 Å². The standard InChI is InChI=1S/C14H23NO/c1-11(2)6-5-7-14(10-15)9-8-13(3,4)12(14)16/h11H,5-9H2,1-4H3. The van der Waals surface area contributed by atoms with Gasteiger partial charge in [-0.3, -0.25) is 4.79 Å². The van der Waals surface area contributed by atoms with Crippen molar-refractivity contribution in [3.63, 3.8) is 0 Å². The predicted octanol–water partition coefficient (Wildman–Crippen LogP) is 3.71. The molecule has 0 amide bonds. The highest BCUT2D eigenvalue weighted by Gasteiger charge is 2.51. The molecule has 1 unspecified atom stereocenters. The predicted molar refractivity (Wildman–Crippen MR) is 64.8 cm³/mol. The summed E-state index contributed by atoms with van der Waals surface area (Å²) in [6.07, 6.45) is 4.47. The minimum absolute atomic E-state index is 0.172. The molecule has 0 aromatic rings. The van der Waals surface area contributed by atoms with E-state index >= 15 is 0 Å². The number of ketones is 1. The second-order valence-electron chi connectivity index (χ2n) is 6.19. The first kappa shape index (κ1) is 13.2. The summed E-state index contributed by atoms with van der Waals surface area (Å²) in [6.45, 7) is 8.30. The van der Waals surface area contributed by atoms with E-state index in [2.05, 4.69) is 19.9 Å². The van der Waals surface area contributed by atoms with Crippen molar-refractivity contribution in [2.75, 3.05) is 0 Å². The third-order valence-corrected chi connectivity index (χ3v) is 3.83. The van der Waals surface area contributed by atoms with Crippen LogP contribution in [0.3, 0.4) is 0 Å². The second kappa shape index (κ2) is 4.57. The first-order valence-electron chi connectivity index (χ1n) is 6.30. The average Bonchev–Trinajstić information content (AvgIpc) is 2.42. The molecular formula is C14H23NO. The van der Waals surface area contributed by atoms with Gasteiger partial charge in [-0.15, -0.1) is 0 Å². The molecule has 0 spiro atoms. The van der Waals surface area contributed by atoms with E-state index < -0.39 is 5.41 Å². The zero-order valence-electron chi connectivity index (χ0n) is 11.0. The zero-order chi connectivity index (χ0) is 12.4. The molecule has 0 aliphatic heterocycles. The Morgan fingerprint density at radius 3 is 2.38 bits per heavy atom. The molecule has 1 saturated carbocycles. The quantitative estimate of drug-likeness (QED) is 0.726. The molecule has 1 atom stereocenters. The van der Waals surface area contributed by atoms with E-state index in [1.165, 1.54) is 0 Å². The number of rotatable bonds is 4. The molecule has 0 heterocycles. The van der Waals surface area contributed by atoms with Crippen molar-refractivity contribution in [2.24, 2.45) is 16.7 Å². The number of hydrogen-bond donors (Lipinski definition) is 0. The molecule has 1 aliphatic carbocycles. The third kappa shape index (κ3) is 2.45. The minimum atomic E-state index is -0.668. The Morgan fingerprint density at radius 2 is 2.00 bits per heavy atom. The Bertz CT molecular complexity index is 311. The summed E-state index contributed by atoms with van der Waals surface area (Å²) in [7, 11) is 0. The normalized spacial score (nSPS) is 28.4. The molecule has 0 saturated heterocycles. The maximum Gasteiger partial charge on any atom is 0.158 e. The van der Waals surface area contributed by atoms with Crippen molar-refractivity contribution in [3.8, 4) is 6.07 Å². The van der Waals surface area contributed by atoms with Gasteiger partial charge in [-0.1, -0.05) is 40.5 Å². The second-order valence-corrected chi connectivity index (χ2v) is 6.19. The Labute approximate surface area is 99.0 Å². The third-order valence-electron chi connectivity index (χ3n) is 3.83. The molecule has 0 N–H and O–H groups in total. The molecule has 90 valence electrons. The number of nitriles is 1. The topological polar surface area (TPSA) is 40.9 Å². The van der Waals surface area contributed by atoms with Crippen LogP contribution in [-0.2, 0) is 4.79 Å². The van der Waals surface area contributed by atoms with Crippen LogP contribution >= 0.6 is 0 Å². The van der Waals surface area contributed by atoms with Crippen molar-refractivity contribution in [1.82, 2.24) is 0 Å². The van der Waals surface area contributed by atoms with Crippen LogP contribution < -0.4 is 0 Å². The smallest absolute Gasteiger partial charge is 0.158 e. The largest absolute Gasteiger partial charge is 0.297 e. The van der Waals surface area contributed by atoms with Gasteiger partial charge < -0.3 is 0 Å². The van der Waals surface area contributed by atoms with Crippen LogP contribution in [0.25, 0.3) is 0 Å². The maximum atomic E-state index is 12.2. The first-order valence-corrected chi connectivity index (χ1v) is 6.30. The van der Waals surface area contributed by atoms with Crippen LogP contribution in [0.2, 0.25) is 0 Å². The van der Waals surface area contributed by atoms with Gasteiger partial charge in [0, 0.05) is 5.41 Å². The van der Waals surface area contributed by atoms with Crippen molar-refractivity contribution in [1.29, 1.82) is 5.26 Å². The summed E-state index contributed by atoms with van der Waals surface area (Å²) >= 11 is 0. The van der Waals surface area contributed by atoms with Gasteiger partial charge in [0.15, 0.2) is 5.78 Å². The number of carbonyl (C=O) groups is 1. The molecule has 1 rings (SSSR count). The van der Waals surface area contributed by atoms with Crippen molar-refractivity contribution in [2.45, 2.75) is 59.8 Å². The molecular weight excluding hydrogens is 198 g/mol. The summed E-state index contributed by atoms with van der Waals surface area (Å²) in [5.41, 5.74) is -0.952. The lowest BCUT2D eigenvalue weighted by Crippen LogP contribution is -2.31. The molecule has 2 nitrogen and oxygen atoms in total. The summed E-state index contributed by atoms with van der Waals surface area (Å²) in [4.78, 5) is 12.2. The molecule has 16 heavy (non-hydrogen) atoms. The van der Waals surface area contributed by atoms with Crippen LogP contribution in [0.5, 0.6) is 0 Å². The zero-order valence-corrected chi connectivity index (χ0v) is 11.0. The van der Waals surface area contributed by atoms with E-state index in [4.69, 9.17) is 0 Å². The van der Waals surface area contributed by atoms with Crippen molar-refractivity contribution in [3.05, 3.63) is 0 Å². The van der Waals surface area contributed by atoms with Crippen LogP contribution in [0.1, 0.15) is 59.8 Å². The highest BCUT2D eigenvalue weighted by molar-refractivity contribution is 5.94. The van der Waals surface area contributed by atoms with E-state index in [0.717, 1.165) is 32.1 Å². The summed E-state index contributed by atoms with van der Waals surface area (Å²) in [5, 5.41) is 9.31. The van der Waals surface area contributed by atoms with E-state index in [1.54, 1.807) is 0 Å². The fourth-order valence-corrected chi connectivity index (χ4v) is 2.61. The van der Waals surface area contributed by atoms with Gasteiger partial charge in [-0.25, -0.2) is 0 Å². The molecule has 1 fully saturated rings. The molecule has 2 heteroatoms.